The maximum absolute atomic E-state index is 4.08. The molecule has 0 amide bonds. The molecule has 0 aliphatic carbocycles. The Morgan fingerprint density at radius 3 is 2.46 bits per heavy atom. The second-order valence-corrected chi connectivity index (χ2v) is 4.01. The fourth-order valence-electron chi connectivity index (χ4n) is 0.810. The van der Waals surface area contributed by atoms with Crippen LogP contribution in [0.5, 0.6) is 0 Å². The van der Waals surface area contributed by atoms with Gasteiger partial charge in [-0.15, -0.1) is 0 Å². The third-order valence-electron chi connectivity index (χ3n) is 1.42. The van der Waals surface area contributed by atoms with Gasteiger partial charge in [-0.1, -0.05) is 28.1 Å². The average Bonchev–Trinajstić information content (AvgIpc) is 2.08. The van der Waals surface area contributed by atoms with E-state index < -0.39 is 0 Å². The van der Waals surface area contributed by atoms with E-state index >= 15 is 0 Å². The van der Waals surface area contributed by atoms with Crippen LogP contribution in [-0.4, -0.2) is 12.3 Å². The van der Waals surface area contributed by atoms with Crippen LogP contribution in [-0.2, 0) is 0 Å². The molecule has 3 heteroatoms. The molecule has 0 aromatic heterocycles. The lowest BCUT2D eigenvalue weighted by atomic mass is 10.2. The van der Waals surface area contributed by atoms with Crippen LogP contribution in [0.2, 0.25) is 0 Å². The van der Waals surface area contributed by atoms with Crippen molar-refractivity contribution in [2.24, 2.45) is 5.10 Å². The van der Waals surface area contributed by atoms with E-state index in [0.717, 1.165) is 10.0 Å². The molecule has 0 aliphatic rings. The highest BCUT2D eigenvalue weighted by atomic mass is 79.9. The Balaban J connectivity index is 2.54. The van der Waals surface area contributed by atoms with Crippen LogP contribution < -0.4 is 5.43 Å². The molecule has 0 saturated carbocycles. The first-order chi connectivity index (χ1) is 6.18. The van der Waals surface area contributed by atoms with Crippen molar-refractivity contribution in [3.8, 4) is 0 Å². The van der Waals surface area contributed by atoms with Gasteiger partial charge in [0.05, 0.1) is 6.21 Å². The molecule has 1 rings (SSSR count). The van der Waals surface area contributed by atoms with Crippen LogP contribution in [0.3, 0.4) is 0 Å². The van der Waals surface area contributed by atoms with Crippen LogP contribution in [0.1, 0.15) is 19.4 Å². The average molecular weight is 241 g/mol. The Hall–Kier alpha value is -0.830. The van der Waals surface area contributed by atoms with Gasteiger partial charge in [-0.25, -0.2) is 0 Å². The number of halogens is 1. The standard InChI is InChI=1S/C10H13BrN2/c1-8(2)13-12-7-9-3-5-10(11)6-4-9/h3-8,13H,1-2H3/b12-7+. The van der Waals surface area contributed by atoms with E-state index in [1.807, 2.05) is 30.5 Å². The van der Waals surface area contributed by atoms with Gasteiger partial charge in [0.25, 0.3) is 0 Å². The van der Waals surface area contributed by atoms with Gasteiger partial charge >= 0.3 is 0 Å². The molecule has 2 nitrogen and oxygen atoms in total. The van der Waals surface area contributed by atoms with E-state index in [-0.39, 0.29) is 0 Å². The largest absolute Gasteiger partial charge is 0.308 e. The van der Waals surface area contributed by atoms with Gasteiger partial charge in [-0.05, 0) is 31.5 Å². The fourth-order valence-corrected chi connectivity index (χ4v) is 1.07. The van der Waals surface area contributed by atoms with Gasteiger partial charge in [0.15, 0.2) is 0 Å². The first kappa shape index (κ1) is 10.3. The maximum atomic E-state index is 4.08. The highest BCUT2D eigenvalue weighted by Gasteiger charge is 1.88. The predicted octanol–water partition coefficient (Wildman–Crippen LogP) is 2.78. The Labute approximate surface area is 87.2 Å². The van der Waals surface area contributed by atoms with E-state index in [0.29, 0.717) is 6.04 Å². The molecule has 0 spiro atoms. The molecule has 0 fully saturated rings. The molecule has 1 aromatic rings. The van der Waals surface area contributed by atoms with Gasteiger partial charge in [0, 0.05) is 10.5 Å². The van der Waals surface area contributed by atoms with E-state index in [1.54, 1.807) is 0 Å². The number of hydrogen-bond acceptors (Lipinski definition) is 2. The van der Waals surface area contributed by atoms with Crippen molar-refractivity contribution in [1.29, 1.82) is 0 Å². The second-order valence-electron chi connectivity index (χ2n) is 3.09. The predicted molar refractivity (Wildman–Crippen MR) is 60.0 cm³/mol. The summed E-state index contributed by atoms with van der Waals surface area (Å²) in [6.45, 7) is 4.11. The van der Waals surface area contributed by atoms with Crippen molar-refractivity contribution in [2.75, 3.05) is 0 Å². The number of hydrogen-bond donors (Lipinski definition) is 1. The minimum Gasteiger partial charge on any atom is -0.308 e. The lowest BCUT2D eigenvalue weighted by Crippen LogP contribution is -2.15. The zero-order chi connectivity index (χ0) is 9.68. The molecular formula is C10H13BrN2. The SMILES string of the molecule is CC(C)N/N=C/c1ccc(Br)cc1. The van der Waals surface area contributed by atoms with Crippen molar-refractivity contribution >= 4 is 22.1 Å². The van der Waals surface area contributed by atoms with Crippen molar-refractivity contribution in [2.45, 2.75) is 19.9 Å². The van der Waals surface area contributed by atoms with Crippen LogP contribution in [0.4, 0.5) is 0 Å². The van der Waals surface area contributed by atoms with Gasteiger partial charge in [-0.3, -0.25) is 0 Å². The molecule has 70 valence electrons. The van der Waals surface area contributed by atoms with Gasteiger partial charge in [0.1, 0.15) is 0 Å². The second kappa shape index (κ2) is 5.02. The zero-order valence-electron chi connectivity index (χ0n) is 7.79. The van der Waals surface area contributed by atoms with Crippen molar-refractivity contribution < 1.29 is 0 Å². The lowest BCUT2D eigenvalue weighted by Gasteiger charge is -2.01. The molecule has 0 bridgehead atoms. The summed E-state index contributed by atoms with van der Waals surface area (Å²) >= 11 is 3.38. The smallest absolute Gasteiger partial charge is 0.0540 e. The Bertz CT molecular complexity index is 277. The van der Waals surface area contributed by atoms with Crippen molar-refractivity contribution in [1.82, 2.24) is 5.43 Å². The molecular weight excluding hydrogens is 228 g/mol. The summed E-state index contributed by atoms with van der Waals surface area (Å²) in [6, 6.07) is 8.39. The quantitative estimate of drug-likeness (QED) is 0.638. The zero-order valence-corrected chi connectivity index (χ0v) is 9.38. The van der Waals surface area contributed by atoms with Crippen molar-refractivity contribution in [3.05, 3.63) is 34.3 Å². The van der Waals surface area contributed by atoms with Gasteiger partial charge in [-0.2, -0.15) is 5.10 Å². The Morgan fingerprint density at radius 2 is 1.92 bits per heavy atom. The third-order valence-corrected chi connectivity index (χ3v) is 1.95. The summed E-state index contributed by atoms with van der Waals surface area (Å²) in [7, 11) is 0. The number of rotatable bonds is 3. The van der Waals surface area contributed by atoms with E-state index in [2.05, 4.69) is 40.3 Å². The molecule has 13 heavy (non-hydrogen) atoms. The van der Waals surface area contributed by atoms with Gasteiger partial charge < -0.3 is 5.43 Å². The summed E-state index contributed by atoms with van der Waals surface area (Å²) in [5.74, 6) is 0. The number of nitrogens with one attached hydrogen (secondary N) is 1. The Kier molecular flexibility index (Phi) is 3.96. The lowest BCUT2D eigenvalue weighted by molar-refractivity contribution is 0.623. The summed E-state index contributed by atoms with van der Waals surface area (Å²) in [5.41, 5.74) is 4.06. The van der Waals surface area contributed by atoms with E-state index in [9.17, 15) is 0 Å². The van der Waals surface area contributed by atoms with Crippen LogP contribution in [0, 0.1) is 0 Å². The highest BCUT2D eigenvalue weighted by Crippen LogP contribution is 2.08. The molecule has 1 N–H and O–H groups in total. The molecule has 0 radical (unpaired) electrons. The highest BCUT2D eigenvalue weighted by molar-refractivity contribution is 9.10. The summed E-state index contributed by atoms with van der Waals surface area (Å²) in [6.07, 6.45) is 1.81. The topological polar surface area (TPSA) is 24.4 Å². The number of nitrogens with zero attached hydrogens (tertiary/aromatic N) is 1. The van der Waals surface area contributed by atoms with Crippen molar-refractivity contribution in [3.63, 3.8) is 0 Å². The minimum atomic E-state index is 0.381. The number of benzene rings is 1. The molecule has 0 unspecified atom stereocenters. The fraction of sp³-hybridized carbons (Fsp3) is 0.300. The third kappa shape index (κ3) is 4.08. The Morgan fingerprint density at radius 1 is 1.31 bits per heavy atom. The van der Waals surface area contributed by atoms with E-state index in [1.165, 1.54) is 0 Å². The maximum Gasteiger partial charge on any atom is 0.0540 e. The minimum absolute atomic E-state index is 0.381. The summed E-state index contributed by atoms with van der Waals surface area (Å²) in [5, 5.41) is 4.08. The molecule has 0 aliphatic heterocycles. The van der Waals surface area contributed by atoms with Gasteiger partial charge in [0.2, 0.25) is 0 Å². The number of hydrazone groups is 1. The van der Waals surface area contributed by atoms with E-state index in [4.69, 9.17) is 0 Å². The first-order valence-corrected chi connectivity index (χ1v) is 5.02. The first-order valence-electron chi connectivity index (χ1n) is 4.22. The molecule has 1 aromatic carbocycles. The van der Waals surface area contributed by atoms with Crippen LogP contribution in [0.15, 0.2) is 33.8 Å². The van der Waals surface area contributed by atoms with Crippen LogP contribution >= 0.6 is 15.9 Å². The molecule has 0 heterocycles. The normalized spacial score (nSPS) is 11.1. The summed E-state index contributed by atoms with van der Waals surface area (Å²) < 4.78 is 1.08. The molecule has 0 atom stereocenters. The molecule has 0 saturated heterocycles. The monoisotopic (exact) mass is 240 g/mol. The van der Waals surface area contributed by atoms with Crippen LogP contribution in [0.25, 0.3) is 0 Å². The summed E-state index contributed by atoms with van der Waals surface area (Å²) in [4.78, 5) is 0.